The number of carbonyl (C=O) groups excluding carboxylic acids is 1. The smallest absolute Gasteiger partial charge is 0.335 e. The van der Waals surface area contributed by atoms with E-state index in [0.29, 0.717) is 6.54 Å². The topological polar surface area (TPSA) is 89.9 Å². The van der Waals surface area contributed by atoms with Crippen LogP contribution in [-0.2, 0) is 0 Å². The summed E-state index contributed by atoms with van der Waals surface area (Å²) in [4.78, 5) is 24.0. The quantitative estimate of drug-likeness (QED) is 0.777. The molecule has 2 amide bonds. The predicted molar refractivity (Wildman–Crippen MR) is 75.9 cm³/mol. The minimum Gasteiger partial charge on any atom is -0.478 e. The minimum atomic E-state index is -1.25. The van der Waals surface area contributed by atoms with Gasteiger partial charge in [0.05, 0.1) is 23.4 Å². The van der Waals surface area contributed by atoms with Crippen LogP contribution in [0.4, 0.5) is 14.9 Å². The maximum atomic E-state index is 13.7. The van der Waals surface area contributed by atoms with Crippen molar-refractivity contribution in [3.05, 3.63) is 29.6 Å². The van der Waals surface area contributed by atoms with Gasteiger partial charge in [0.1, 0.15) is 5.82 Å². The number of carboxylic acid groups (broad SMARTS) is 1. The first-order chi connectivity index (χ1) is 9.64. The third-order valence-electron chi connectivity index (χ3n) is 2.70. The van der Waals surface area contributed by atoms with E-state index >= 15 is 0 Å². The number of likely N-dealkylation sites (N-methyl/N-ethyl adjacent to an activating group) is 1. The molecular weight excluding hydrogens is 279 g/mol. The van der Waals surface area contributed by atoms with Gasteiger partial charge in [-0.1, -0.05) is 0 Å². The first-order valence-electron chi connectivity index (χ1n) is 6.45. The van der Waals surface area contributed by atoms with E-state index in [1.54, 1.807) is 20.8 Å². The Labute approximate surface area is 122 Å². The van der Waals surface area contributed by atoms with Crippen LogP contribution >= 0.6 is 0 Å². The molecule has 6 nitrogen and oxygen atoms in total. The molecule has 0 spiro atoms. The zero-order chi connectivity index (χ0) is 16.2. The average Bonchev–Trinajstić information content (AvgIpc) is 2.36. The summed E-state index contributed by atoms with van der Waals surface area (Å²) in [5.74, 6) is -2.08. The molecule has 0 atom stereocenters. The van der Waals surface area contributed by atoms with Crippen LogP contribution in [0.1, 0.15) is 31.1 Å². The number of hydrogen-bond donors (Lipinski definition) is 3. The van der Waals surface area contributed by atoms with Crippen molar-refractivity contribution in [2.75, 3.05) is 18.4 Å². The number of aliphatic hydroxyl groups is 1. The number of carboxylic acids is 1. The SMILES string of the molecule is CCN(CC(C)(C)O)C(=O)Nc1ccc(C(=O)O)cc1F. The van der Waals surface area contributed by atoms with Crippen LogP contribution in [0.25, 0.3) is 0 Å². The third-order valence-corrected chi connectivity index (χ3v) is 2.70. The van der Waals surface area contributed by atoms with Crippen LogP contribution in [0, 0.1) is 5.82 Å². The van der Waals surface area contributed by atoms with E-state index in [1.165, 1.54) is 17.0 Å². The lowest BCUT2D eigenvalue weighted by molar-refractivity contribution is 0.0501. The van der Waals surface area contributed by atoms with Gasteiger partial charge in [0.15, 0.2) is 0 Å². The van der Waals surface area contributed by atoms with Crippen LogP contribution in [-0.4, -0.2) is 45.8 Å². The molecule has 0 saturated heterocycles. The highest BCUT2D eigenvalue weighted by Gasteiger charge is 2.22. The van der Waals surface area contributed by atoms with Crippen molar-refractivity contribution in [1.82, 2.24) is 4.90 Å². The second-order valence-electron chi connectivity index (χ2n) is 5.26. The number of nitrogens with one attached hydrogen (secondary N) is 1. The molecule has 1 rings (SSSR count). The van der Waals surface area contributed by atoms with Gasteiger partial charge in [-0.3, -0.25) is 0 Å². The summed E-state index contributed by atoms with van der Waals surface area (Å²) >= 11 is 0. The lowest BCUT2D eigenvalue weighted by atomic mass is 10.1. The molecule has 3 N–H and O–H groups in total. The van der Waals surface area contributed by atoms with E-state index in [4.69, 9.17) is 5.11 Å². The van der Waals surface area contributed by atoms with Crippen molar-refractivity contribution in [2.45, 2.75) is 26.4 Å². The van der Waals surface area contributed by atoms with Crippen molar-refractivity contribution in [3.63, 3.8) is 0 Å². The number of amides is 2. The summed E-state index contributed by atoms with van der Waals surface area (Å²) < 4.78 is 13.7. The Hall–Kier alpha value is -2.15. The lowest BCUT2D eigenvalue weighted by Gasteiger charge is -2.28. The van der Waals surface area contributed by atoms with Crippen molar-refractivity contribution in [2.24, 2.45) is 0 Å². The van der Waals surface area contributed by atoms with Crippen molar-refractivity contribution in [1.29, 1.82) is 0 Å². The summed E-state index contributed by atoms with van der Waals surface area (Å²) in [5, 5.41) is 20.8. The number of aromatic carboxylic acids is 1. The number of anilines is 1. The second-order valence-corrected chi connectivity index (χ2v) is 5.26. The van der Waals surface area contributed by atoms with Gasteiger partial charge >= 0.3 is 12.0 Å². The van der Waals surface area contributed by atoms with Crippen LogP contribution in [0.5, 0.6) is 0 Å². The largest absolute Gasteiger partial charge is 0.478 e. The highest BCUT2D eigenvalue weighted by atomic mass is 19.1. The van der Waals surface area contributed by atoms with Gasteiger partial charge < -0.3 is 20.4 Å². The van der Waals surface area contributed by atoms with Gasteiger partial charge in [0.2, 0.25) is 0 Å². The first-order valence-corrected chi connectivity index (χ1v) is 6.45. The Kier molecular flexibility index (Phi) is 5.26. The normalized spacial score (nSPS) is 11.1. The molecule has 0 radical (unpaired) electrons. The summed E-state index contributed by atoms with van der Waals surface area (Å²) in [6.45, 7) is 5.28. The summed E-state index contributed by atoms with van der Waals surface area (Å²) in [7, 11) is 0. The summed E-state index contributed by atoms with van der Waals surface area (Å²) in [6.07, 6.45) is 0. The molecule has 0 bridgehead atoms. The second kappa shape index (κ2) is 6.53. The van der Waals surface area contributed by atoms with Gasteiger partial charge in [-0.25, -0.2) is 14.0 Å². The zero-order valence-electron chi connectivity index (χ0n) is 12.2. The van der Waals surface area contributed by atoms with E-state index in [2.05, 4.69) is 5.32 Å². The van der Waals surface area contributed by atoms with Crippen molar-refractivity contribution >= 4 is 17.7 Å². The molecule has 0 aliphatic heterocycles. The van der Waals surface area contributed by atoms with Crippen LogP contribution in [0.2, 0.25) is 0 Å². The van der Waals surface area contributed by atoms with E-state index in [9.17, 15) is 19.1 Å². The van der Waals surface area contributed by atoms with E-state index in [0.717, 1.165) is 6.07 Å². The fourth-order valence-corrected chi connectivity index (χ4v) is 1.74. The van der Waals surface area contributed by atoms with Crippen molar-refractivity contribution in [3.8, 4) is 0 Å². The fourth-order valence-electron chi connectivity index (χ4n) is 1.74. The number of rotatable bonds is 5. The van der Waals surface area contributed by atoms with Crippen LogP contribution < -0.4 is 5.32 Å². The van der Waals surface area contributed by atoms with Crippen LogP contribution in [0.3, 0.4) is 0 Å². The molecule has 0 fully saturated rings. The molecule has 0 heterocycles. The van der Waals surface area contributed by atoms with Gasteiger partial charge in [-0.05, 0) is 39.0 Å². The summed E-state index contributed by atoms with van der Waals surface area (Å²) in [6, 6.07) is 2.66. The Morgan fingerprint density at radius 3 is 2.43 bits per heavy atom. The molecule has 0 aliphatic carbocycles. The Morgan fingerprint density at radius 2 is 2.00 bits per heavy atom. The Morgan fingerprint density at radius 1 is 1.38 bits per heavy atom. The third kappa shape index (κ3) is 5.03. The summed E-state index contributed by atoms with van der Waals surface area (Å²) in [5.41, 5.74) is -1.38. The van der Waals surface area contributed by atoms with E-state index in [1.807, 2.05) is 0 Å². The highest BCUT2D eigenvalue weighted by Crippen LogP contribution is 2.17. The number of urea groups is 1. The first kappa shape index (κ1) is 16.9. The maximum absolute atomic E-state index is 13.7. The van der Waals surface area contributed by atoms with Gasteiger partial charge in [0.25, 0.3) is 0 Å². The number of hydrogen-bond acceptors (Lipinski definition) is 3. The molecule has 1 aromatic carbocycles. The average molecular weight is 298 g/mol. The van der Waals surface area contributed by atoms with Gasteiger partial charge in [-0.15, -0.1) is 0 Å². The Bertz CT molecular complexity index is 540. The predicted octanol–water partition coefficient (Wildman–Crippen LogP) is 2.15. The number of nitrogens with zero attached hydrogens (tertiary/aromatic N) is 1. The molecule has 21 heavy (non-hydrogen) atoms. The van der Waals surface area contributed by atoms with E-state index < -0.39 is 23.4 Å². The Balaban J connectivity index is 2.84. The minimum absolute atomic E-state index is 0.0875. The monoisotopic (exact) mass is 298 g/mol. The number of carbonyl (C=O) groups is 2. The molecule has 116 valence electrons. The zero-order valence-corrected chi connectivity index (χ0v) is 12.2. The van der Waals surface area contributed by atoms with Crippen molar-refractivity contribution < 1.29 is 24.2 Å². The molecule has 7 heteroatoms. The fraction of sp³-hybridized carbons (Fsp3) is 0.429. The standard InChI is InChI=1S/C14H19FN2O4/c1-4-17(8-14(2,3)21)13(20)16-11-6-5-9(12(18)19)7-10(11)15/h5-7,21H,4,8H2,1-3H3,(H,16,20)(H,18,19). The molecule has 0 saturated carbocycles. The maximum Gasteiger partial charge on any atom is 0.335 e. The van der Waals surface area contributed by atoms with E-state index in [-0.39, 0.29) is 17.8 Å². The van der Waals surface area contributed by atoms with Gasteiger partial charge in [0, 0.05) is 6.54 Å². The van der Waals surface area contributed by atoms with Gasteiger partial charge in [-0.2, -0.15) is 0 Å². The number of halogens is 1. The highest BCUT2D eigenvalue weighted by molar-refractivity contribution is 5.91. The lowest BCUT2D eigenvalue weighted by Crippen LogP contribution is -2.44. The molecule has 0 aromatic heterocycles. The number of benzene rings is 1. The van der Waals surface area contributed by atoms with Crippen LogP contribution in [0.15, 0.2) is 18.2 Å². The molecule has 1 aromatic rings. The molecular formula is C14H19FN2O4. The molecule has 0 aliphatic rings. The molecule has 0 unspecified atom stereocenters.